The second-order valence-corrected chi connectivity index (χ2v) is 6.08. The summed E-state index contributed by atoms with van der Waals surface area (Å²) in [4.78, 5) is 28.1. The number of ketones is 1. The molecule has 0 spiro atoms. The minimum absolute atomic E-state index is 0.00579. The lowest BCUT2D eigenvalue weighted by molar-refractivity contribution is -0.144. The lowest BCUT2D eigenvalue weighted by Crippen LogP contribution is -2.08. The molecule has 1 aromatic heterocycles. The molecule has 3 rings (SSSR count). The first kappa shape index (κ1) is 18.0. The van der Waals surface area contributed by atoms with Gasteiger partial charge in [0, 0.05) is 22.9 Å². The first-order valence-electron chi connectivity index (χ1n) is 8.01. The van der Waals surface area contributed by atoms with Gasteiger partial charge in [0.15, 0.2) is 5.78 Å². The average molecular weight is 372 g/mol. The van der Waals surface area contributed by atoms with Crippen LogP contribution in [0.2, 0.25) is 5.15 Å². The number of ether oxygens (including phenoxy) is 1. The van der Waals surface area contributed by atoms with Crippen molar-refractivity contribution in [3.8, 4) is 0 Å². The normalized spacial score (nSPS) is 10.7. The van der Waals surface area contributed by atoms with Gasteiger partial charge in [0.25, 0.3) is 0 Å². The van der Waals surface area contributed by atoms with E-state index in [1.165, 1.54) is 24.3 Å². The SMILES string of the molecule is O=C(CCC(=O)c1ccc(F)cc1)OCc1cc2ccccc2nc1Cl. The third-order valence-corrected chi connectivity index (χ3v) is 4.19. The zero-order valence-electron chi connectivity index (χ0n) is 13.7. The molecule has 0 atom stereocenters. The minimum Gasteiger partial charge on any atom is -0.461 e. The molecule has 0 aliphatic carbocycles. The zero-order chi connectivity index (χ0) is 18.5. The Morgan fingerprint density at radius 1 is 1.04 bits per heavy atom. The van der Waals surface area contributed by atoms with Crippen molar-refractivity contribution in [2.45, 2.75) is 19.4 Å². The molecule has 0 saturated carbocycles. The third kappa shape index (κ3) is 4.43. The number of hydrogen-bond acceptors (Lipinski definition) is 4. The van der Waals surface area contributed by atoms with Crippen LogP contribution in [-0.2, 0) is 16.1 Å². The molecule has 0 saturated heterocycles. The van der Waals surface area contributed by atoms with Crippen LogP contribution in [0.15, 0.2) is 54.6 Å². The van der Waals surface area contributed by atoms with E-state index < -0.39 is 11.8 Å². The maximum Gasteiger partial charge on any atom is 0.306 e. The number of pyridine rings is 1. The van der Waals surface area contributed by atoms with E-state index in [0.29, 0.717) is 11.1 Å². The van der Waals surface area contributed by atoms with E-state index in [1.807, 2.05) is 30.3 Å². The van der Waals surface area contributed by atoms with Gasteiger partial charge in [0.2, 0.25) is 0 Å². The van der Waals surface area contributed by atoms with Gasteiger partial charge in [0.1, 0.15) is 17.6 Å². The molecule has 0 radical (unpaired) electrons. The number of benzene rings is 2. The highest BCUT2D eigenvalue weighted by Gasteiger charge is 2.12. The summed E-state index contributed by atoms with van der Waals surface area (Å²) in [7, 11) is 0. The molecule has 3 aromatic rings. The van der Waals surface area contributed by atoms with Gasteiger partial charge < -0.3 is 4.74 Å². The zero-order valence-corrected chi connectivity index (χ0v) is 14.5. The first-order valence-corrected chi connectivity index (χ1v) is 8.39. The van der Waals surface area contributed by atoms with E-state index in [1.54, 1.807) is 0 Å². The molecular weight excluding hydrogens is 357 g/mol. The Kier molecular flexibility index (Phi) is 5.58. The Balaban J connectivity index is 1.55. The van der Waals surface area contributed by atoms with Gasteiger partial charge in [0.05, 0.1) is 11.9 Å². The quantitative estimate of drug-likeness (QED) is 0.357. The van der Waals surface area contributed by atoms with Gasteiger partial charge in [-0.25, -0.2) is 9.37 Å². The molecule has 0 aliphatic rings. The maximum absolute atomic E-state index is 12.9. The Bertz CT molecular complexity index is 957. The van der Waals surface area contributed by atoms with Crippen LogP contribution in [-0.4, -0.2) is 16.7 Å². The number of carbonyl (C=O) groups excluding carboxylic acids is 2. The molecule has 4 nitrogen and oxygen atoms in total. The molecule has 0 aliphatic heterocycles. The topological polar surface area (TPSA) is 56.3 Å². The standard InChI is InChI=1S/C20H15ClFNO3/c21-20-15(11-14-3-1-2-4-17(14)23-20)12-26-19(25)10-9-18(24)13-5-7-16(22)8-6-13/h1-8,11H,9-10,12H2. The molecule has 132 valence electrons. The van der Waals surface area contributed by atoms with Gasteiger partial charge in [-0.05, 0) is 36.4 Å². The Labute approximate surface area is 154 Å². The van der Waals surface area contributed by atoms with E-state index in [0.717, 1.165) is 10.9 Å². The van der Waals surface area contributed by atoms with Crippen LogP contribution in [0.5, 0.6) is 0 Å². The second kappa shape index (κ2) is 8.06. The minimum atomic E-state index is -0.510. The van der Waals surface area contributed by atoms with E-state index in [4.69, 9.17) is 16.3 Å². The fourth-order valence-corrected chi connectivity index (χ4v) is 2.66. The summed E-state index contributed by atoms with van der Waals surface area (Å²) in [5.41, 5.74) is 1.72. The van der Waals surface area contributed by atoms with Crippen molar-refractivity contribution >= 4 is 34.3 Å². The van der Waals surface area contributed by atoms with Crippen molar-refractivity contribution in [1.29, 1.82) is 0 Å². The van der Waals surface area contributed by atoms with Crippen molar-refractivity contribution in [2.75, 3.05) is 0 Å². The van der Waals surface area contributed by atoms with Crippen molar-refractivity contribution in [3.05, 3.63) is 76.7 Å². The Hall–Kier alpha value is -2.79. The summed E-state index contributed by atoms with van der Waals surface area (Å²) in [5, 5.41) is 1.17. The maximum atomic E-state index is 12.9. The van der Waals surface area contributed by atoms with Crippen molar-refractivity contribution < 1.29 is 18.7 Å². The smallest absolute Gasteiger partial charge is 0.306 e. The first-order chi connectivity index (χ1) is 12.5. The second-order valence-electron chi connectivity index (χ2n) is 5.72. The van der Waals surface area contributed by atoms with Crippen LogP contribution in [0.25, 0.3) is 10.9 Å². The molecule has 0 fully saturated rings. The number of halogens is 2. The molecule has 1 heterocycles. The van der Waals surface area contributed by atoms with Gasteiger partial charge in [-0.15, -0.1) is 0 Å². The van der Waals surface area contributed by atoms with Crippen molar-refractivity contribution in [3.63, 3.8) is 0 Å². The number of carbonyl (C=O) groups is 2. The Morgan fingerprint density at radius 3 is 2.54 bits per heavy atom. The van der Waals surface area contributed by atoms with E-state index >= 15 is 0 Å². The summed E-state index contributed by atoms with van der Waals surface area (Å²) >= 11 is 6.12. The average Bonchev–Trinajstić information content (AvgIpc) is 2.65. The molecule has 26 heavy (non-hydrogen) atoms. The number of fused-ring (bicyclic) bond motifs is 1. The molecule has 0 unspecified atom stereocenters. The summed E-state index contributed by atoms with van der Waals surface area (Å²) < 4.78 is 18.0. The highest BCUT2D eigenvalue weighted by atomic mass is 35.5. The number of hydrogen-bond donors (Lipinski definition) is 0. The predicted molar refractivity (Wildman–Crippen MR) is 96.5 cm³/mol. The van der Waals surface area contributed by atoms with E-state index in [-0.39, 0.29) is 30.4 Å². The van der Waals surface area contributed by atoms with E-state index in [2.05, 4.69) is 4.98 Å². The van der Waals surface area contributed by atoms with Crippen LogP contribution in [0.1, 0.15) is 28.8 Å². The van der Waals surface area contributed by atoms with Crippen LogP contribution < -0.4 is 0 Å². The number of rotatable bonds is 6. The molecular formula is C20H15ClFNO3. The fraction of sp³-hybridized carbons (Fsp3) is 0.150. The number of nitrogens with zero attached hydrogens (tertiary/aromatic N) is 1. The summed E-state index contributed by atoms with van der Waals surface area (Å²) in [6, 6.07) is 14.5. The van der Waals surface area contributed by atoms with Crippen LogP contribution in [0.4, 0.5) is 4.39 Å². The monoisotopic (exact) mass is 371 g/mol. The van der Waals surface area contributed by atoms with Gasteiger partial charge in [-0.1, -0.05) is 29.8 Å². The number of para-hydroxylation sites is 1. The van der Waals surface area contributed by atoms with Crippen LogP contribution >= 0.6 is 11.6 Å². The lowest BCUT2D eigenvalue weighted by atomic mass is 10.1. The fourth-order valence-electron chi connectivity index (χ4n) is 2.46. The van der Waals surface area contributed by atoms with E-state index in [9.17, 15) is 14.0 Å². The van der Waals surface area contributed by atoms with Crippen molar-refractivity contribution in [1.82, 2.24) is 4.98 Å². The number of Topliss-reactive ketones (excluding diaryl/α,β-unsaturated/α-hetero) is 1. The summed E-state index contributed by atoms with van der Waals surface area (Å²) in [6.45, 7) is -0.0137. The molecule has 0 bridgehead atoms. The molecule has 2 aromatic carbocycles. The van der Waals surface area contributed by atoms with Crippen LogP contribution in [0, 0.1) is 5.82 Å². The molecule has 0 amide bonds. The summed E-state index contributed by atoms with van der Waals surface area (Å²) in [6.07, 6.45) is -0.0665. The van der Waals surface area contributed by atoms with Crippen LogP contribution in [0.3, 0.4) is 0 Å². The highest BCUT2D eigenvalue weighted by molar-refractivity contribution is 6.30. The number of aromatic nitrogens is 1. The highest BCUT2D eigenvalue weighted by Crippen LogP contribution is 2.21. The predicted octanol–water partition coefficient (Wildman–Crippen LogP) is 4.73. The number of esters is 1. The van der Waals surface area contributed by atoms with Gasteiger partial charge >= 0.3 is 5.97 Å². The van der Waals surface area contributed by atoms with Gasteiger partial charge in [-0.2, -0.15) is 0 Å². The van der Waals surface area contributed by atoms with Crippen molar-refractivity contribution in [2.24, 2.45) is 0 Å². The molecule has 6 heteroatoms. The molecule has 0 N–H and O–H groups in total. The summed E-state index contributed by atoms with van der Waals surface area (Å²) in [5.74, 6) is -1.17. The van der Waals surface area contributed by atoms with Gasteiger partial charge in [-0.3, -0.25) is 9.59 Å². The third-order valence-electron chi connectivity index (χ3n) is 3.86. The lowest BCUT2D eigenvalue weighted by Gasteiger charge is -2.08. The Morgan fingerprint density at radius 2 is 1.77 bits per heavy atom. The largest absolute Gasteiger partial charge is 0.461 e.